The van der Waals surface area contributed by atoms with Crippen LogP contribution in [0.4, 0.5) is 0 Å². The monoisotopic (exact) mass is 1090 g/mol. The van der Waals surface area contributed by atoms with Crippen molar-refractivity contribution in [2.24, 2.45) is 0 Å². The minimum absolute atomic E-state index is 0.0169. The summed E-state index contributed by atoms with van der Waals surface area (Å²) in [5, 5.41) is 23.3. The summed E-state index contributed by atoms with van der Waals surface area (Å²) in [5.41, 5.74) is 0. The number of amides is 1. The van der Waals surface area contributed by atoms with E-state index in [9.17, 15) is 19.8 Å². The van der Waals surface area contributed by atoms with Crippen LogP contribution in [0.15, 0.2) is 12.2 Å². The van der Waals surface area contributed by atoms with Gasteiger partial charge >= 0.3 is 5.97 Å². The molecule has 1 amide bonds. The molecular formula is C71H139NO5. The van der Waals surface area contributed by atoms with Gasteiger partial charge in [-0.05, 0) is 51.4 Å². The molecule has 0 aromatic rings. The van der Waals surface area contributed by atoms with Gasteiger partial charge in [0.2, 0.25) is 5.91 Å². The van der Waals surface area contributed by atoms with Crippen LogP contribution < -0.4 is 5.32 Å². The van der Waals surface area contributed by atoms with Crippen LogP contribution in [0.25, 0.3) is 0 Å². The van der Waals surface area contributed by atoms with E-state index in [1.807, 2.05) is 0 Å². The molecule has 0 aromatic heterocycles. The predicted molar refractivity (Wildman–Crippen MR) is 338 cm³/mol. The fourth-order valence-electron chi connectivity index (χ4n) is 11.4. The number of aliphatic hydroxyl groups excluding tert-OH is 2. The molecule has 0 heterocycles. The molecule has 0 saturated heterocycles. The molecule has 2 atom stereocenters. The molecule has 0 aliphatic rings. The number of aliphatic hydroxyl groups is 2. The largest absolute Gasteiger partial charge is 0.466 e. The first-order valence-corrected chi connectivity index (χ1v) is 35.4. The van der Waals surface area contributed by atoms with Crippen molar-refractivity contribution in [3.8, 4) is 0 Å². The van der Waals surface area contributed by atoms with E-state index in [1.54, 1.807) is 0 Å². The first-order chi connectivity index (χ1) is 38.0. The molecule has 6 nitrogen and oxygen atoms in total. The van der Waals surface area contributed by atoms with Crippen LogP contribution in [-0.4, -0.2) is 47.4 Å². The molecule has 0 spiro atoms. The van der Waals surface area contributed by atoms with E-state index in [0.29, 0.717) is 25.9 Å². The minimum atomic E-state index is -0.661. The number of rotatable bonds is 67. The highest BCUT2D eigenvalue weighted by Crippen LogP contribution is 2.19. The summed E-state index contributed by atoms with van der Waals surface area (Å²) in [6.45, 7) is 4.99. The molecule has 3 N–H and O–H groups in total. The van der Waals surface area contributed by atoms with Gasteiger partial charge in [0, 0.05) is 12.8 Å². The van der Waals surface area contributed by atoms with Crippen LogP contribution in [0.3, 0.4) is 0 Å². The normalized spacial score (nSPS) is 12.5. The number of ether oxygens (including phenoxy) is 1. The third-order valence-corrected chi connectivity index (χ3v) is 16.8. The summed E-state index contributed by atoms with van der Waals surface area (Å²) < 4.78 is 5.51. The molecule has 0 aromatic carbocycles. The fourth-order valence-corrected chi connectivity index (χ4v) is 11.4. The molecule has 0 bridgehead atoms. The van der Waals surface area contributed by atoms with Gasteiger partial charge < -0.3 is 20.3 Å². The van der Waals surface area contributed by atoms with Gasteiger partial charge in [0.1, 0.15) is 0 Å². The van der Waals surface area contributed by atoms with Gasteiger partial charge in [0.25, 0.3) is 0 Å². The van der Waals surface area contributed by atoms with Gasteiger partial charge in [-0.15, -0.1) is 0 Å². The standard InChI is InChI=1S/C71H139NO5/c1-3-5-7-9-11-13-15-17-19-20-34-37-41-45-49-53-57-61-65-71(76)77-66-62-58-54-50-46-42-38-35-32-30-28-26-24-22-21-23-25-27-29-31-33-36-40-44-48-52-56-60-64-70(75)72-68(67-73)69(74)63-59-55-51-47-43-39-18-16-14-12-10-8-6-4-2/h19-20,68-69,73-74H,3-18,21-67H2,1-2H3,(H,72,75)/b20-19-. The number of nitrogens with one attached hydrogen (secondary N) is 1. The first kappa shape index (κ1) is 75.6. The zero-order chi connectivity index (χ0) is 55.7. The number of unbranched alkanes of at least 4 members (excludes halogenated alkanes) is 54. The van der Waals surface area contributed by atoms with Gasteiger partial charge in [-0.3, -0.25) is 9.59 Å². The maximum atomic E-state index is 12.5. The number of allylic oxidation sites excluding steroid dienone is 2. The lowest BCUT2D eigenvalue weighted by atomic mass is 10.0. The number of carbonyl (C=O) groups is 2. The Balaban J connectivity index is 3.32. The van der Waals surface area contributed by atoms with Crippen LogP contribution >= 0.6 is 0 Å². The maximum absolute atomic E-state index is 12.5. The summed E-state index contributed by atoms with van der Waals surface area (Å²) in [6.07, 6.45) is 82.6. The molecule has 0 aliphatic heterocycles. The average Bonchev–Trinajstić information content (AvgIpc) is 3.43. The lowest BCUT2D eigenvalue weighted by Gasteiger charge is -2.22. The molecule has 0 rings (SSSR count). The van der Waals surface area contributed by atoms with Gasteiger partial charge in [0.15, 0.2) is 0 Å². The lowest BCUT2D eigenvalue weighted by molar-refractivity contribution is -0.143. The molecule has 0 saturated carbocycles. The van der Waals surface area contributed by atoms with Gasteiger partial charge in [-0.25, -0.2) is 0 Å². The summed E-state index contributed by atoms with van der Waals surface area (Å²) in [4.78, 5) is 24.6. The molecule has 0 fully saturated rings. The smallest absolute Gasteiger partial charge is 0.305 e. The quantitative estimate of drug-likeness (QED) is 0.0320. The highest BCUT2D eigenvalue weighted by atomic mass is 16.5. The summed E-state index contributed by atoms with van der Waals surface area (Å²) in [6, 6.07) is -0.538. The van der Waals surface area contributed by atoms with Crippen molar-refractivity contribution in [1.82, 2.24) is 5.32 Å². The van der Waals surface area contributed by atoms with Crippen LogP contribution in [0, 0.1) is 0 Å². The zero-order valence-electron chi connectivity index (χ0n) is 52.5. The second-order valence-corrected chi connectivity index (χ2v) is 24.6. The number of carbonyl (C=O) groups excluding carboxylic acids is 2. The van der Waals surface area contributed by atoms with Crippen molar-refractivity contribution in [1.29, 1.82) is 0 Å². The third kappa shape index (κ3) is 63.6. The van der Waals surface area contributed by atoms with Crippen molar-refractivity contribution in [2.45, 2.75) is 418 Å². The van der Waals surface area contributed by atoms with Crippen LogP contribution in [0.2, 0.25) is 0 Å². The Morgan fingerprint density at radius 3 is 0.922 bits per heavy atom. The molecular weight excluding hydrogens is 947 g/mol. The fraction of sp³-hybridized carbons (Fsp3) is 0.944. The second kappa shape index (κ2) is 67.1. The van der Waals surface area contributed by atoms with E-state index >= 15 is 0 Å². The minimum Gasteiger partial charge on any atom is -0.466 e. The SMILES string of the molecule is CCCCCCCCC/C=C\CCCCCCCCCC(=O)OCCCCCCCCCCCCCCCCCCCCCCCCCCCCCCC(=O)NC(CO)C(O)CCCCCCCCCCCCCCCC. The first-order valence-electron chi connectivity index (χ1n) is 35.4. The number of hydrogen-bond donors (Lipinski definition) is 3. The maximum Gasteiger partial charge on any atom is 0.305 e. The topological polar surface area (TPSA) is 95.9 Å². The number of hydrogen-bond acceptors (Lipinski definition) is 5. The zero-order valence-corrected chi connectivity index (χ0v) is 52.5. The van der Waals surface area contributed by atoms with Crippen molar-refractivity contribution < 1.29 is 24.5 Å². The van der Waals surface area contributed by atoms with Crippen LogP contribution in [0.1, 0.15) is 406 Å². The Morgan fingerprint density at radius 2 is 0.610 bits per heavy atom. The Kier molecular flexibility index (Phi) is 65.9. The third-order valence-electron chi connectivity index (χ3n) is 16.8. The van der Waals surface area contributed by atoms with Crippen molar-refractivity contribution >= 4 is 11.9 Å². The molecule has 6 heteroatoms. The molecule has 458 valence electrons. The van der Waals surface area contributed by atoms with Crippen molar-refractivity contribution in [3.63, 3.8) is 0 Å². The summed E-state index contributed by atoms with van der Waals surface area (Å²) in [5.74, 6) is -0.0120. The van der Waals surface area contributed by atoms with Gasteiger partial charge in [0.05, 0.1) is 25.4 Å². The second-order valence-electron chi connectivity index (χ2n) is 24.6. The Hall–Kier alpha value is -1.40. The summed E-state index contributed by atoms with van der Waals surface area (Å²) >= 11 is 0. The molecule has 0 radical (unpaired) electrons. The number of esters is 1. The van der Waals surface area contributed by atoms with E-state index in [-0.39, 0.29) is 18.5 Å². The van der Waals surface area contributed by atoms with E-state index < -0.39 is 12.1 Å². The van der Waals surface area contributed by atoms with Crippen molar-refractivity contribution in [3.05, 3.63) is 12.2 Å². The Morgan fingerprint density at radius 1 is 0.351 bits per heavy atom. The molecule has 2 unspecified atom stereocenters. The highest BCUT2D eigenvalue weighted by molar-refractivity contribution is 5.76. The average molecular weight is 1090 g/mol. The van der Waals surface area contributed by atoms with Gasteiger partial charge in [-0.1, -0.05) is 353 Å². The molecule has 77 heavy (non-hydrogen) atoms. The lowest BCUT2D eigenvalue weighted by Crippen LogP contribution is -2.45. The van der Waals surface area contributed by atoms with E-state index in [2.05, 4.69) is 31.3 Å². The highest BCUT2D eigenvalue weighted by Gasteiger charge is 2.20. The molecule has 0 aliphatic carbocycles. The van der Waals surface area contributed by atoms with Crippen molar-refractivity contribution in [2.75, 3.05) is 13.2 Å². The Bertz CT molecular complexity index is 1160. The van der Waals surface area contributed by atoms with E-state index in [4.69, 9.17) is 4.74 Å². The Labute approximate surface area is 482 Å². The predicted octanol–water partition coefficient (Wildman–Crippen LogP) is 22.8. The van der Waals surface area contributed by atoms with E-state index in [0.717, 1.165) is 44.9 Å². The van der Waals surface area contributed by atoms with E-state index in [1.165, 1.54) is 327 Å². The van der Waals surface area contributed by atoms with Gasteiger partial charge in [-0.2, -0.15) is 0 Å². The summed E-state index contributed by atoms with van der Waals surface area (Å²) in [7, 11) is 0. The van der Waals surface area contributed by atoms with Crippen LogP contribution in [0.5, 0.6) is 0 Å². The van der Waals surface area contributed by atoms with Crippen LogP contribution in [-0.2, 0) is 14.3 Å².